The van der Waals surface area contributed by atoms with E-state index in [1.54, 1.807) is 5.57 Å². The first-order valence-corrected chi connectivity index (χ1v) is 12.4. The smallest absolute Gasteiger partial charge is 0.0375 e. The highest BCUT2D eigenvalue weighted by atomic mass is 79.9. The van der Waals surface area contributed by atoms with Crippen LogP contribution in [0.3, 0.4) is 0 Å². The lowest BCUT2D eigenvalue weighted by molar-refractivity contribution is 0.429. The van der Waals surface area contributed by atoms with E-state index < -0.39 is 0 Å². The van der Waals surface area contributed by atoms with Gasteiger partial charge in [-0.25, -0.2) is 0 Å². The first-order chi connectivity index (χ1) is 12.5. The van der Waals surface area contributed by atoms with Gasteiger partial charge in [-0.2, -0.15) is 0 Å². The maximum absolute atomic E-state index is 4.52. The summed E-state index contributed by atoms with van der Waals surface area (Å²) in [5.74, 6) is 1.26. The molecule has 0 spiro atoms. The molecule has 0 aliphatic heterocycles. The van der Waals surface area contributed by atoms with E-state index in [9.17, 15) is 0 Å². The van der Waals surface area contributed by atoms with E-state index in [4.69, 9.17) is 0 Å². The number of alkyl halides is 1. The van der Waals surface area contributed by atoms with Gasteiger partial charge in [0.05, 0.1) is 0 Å². The zero-order chi connectivity index (χ0) is 19.1. The minimum atomic E-state index is 0.536. The zero-order valence-electron chi connectivity index (χ0n) is 16.2. The first-order valence-electron chi connectivity index (χ1n) is 9.62. The third-order valence-corrected chi connectivity index (χ3v) is 7.36. The van der Waals surface area contributed by atoms with Crippen molar-refractivity contribution in [1.29, 1.82) is 0 Å². The van der Waals surface area contributed by atoms with Gasteiger partial charge >= 0.3 is 0 Å². The van der Waals surface area contributed by atoms with Crippen molar-refractivity contribution in [2.24, 2.45) is 11.8 Å². The second-order valence-corrected chi connectivity index (χ2v) is 9.83. The maximum atomic E-state index is 4.52. The molecule has 2 aliphatic rings. The number of allylic oxidation sites excluding steroid dienone is 8. The molecule has 0 saturated heterocycles. The van der Waals surface area contributed by atoms with E-state index in [2.05, 4.69) is 88.2 Å². The molecule has 3 atom stereocenters. The Labute approximate surface area is 180 Å². The summed E-state index contributed by atoms with van der Waals surface area (Å²) in [5, 5.41) is 1.56. The third kappa shape index (κ3) is 5.50. The van der Waals surface area contributed by atoms with Crippen LogP contribution in [0.4, 0.5) is 0 Å². The van der Waals surface area contributed by atoms with Crippen LogP contribution in [0, 0.1) is 11.8 Å². The van der Waals surface area contributed by atoms with Crippen LogP contribution in [0.1, 0.15) is 46.5 Å². The zero-order valence-corrected chi connectivity index (χ0v) is 20.1. The van der Waals surface area contributed by atoms with Gasteiger partial charge in [-0.3, -0.25) is 4.72 Å². The van der Waals surface area contributed by atoms with Crippen molar-refractivity contribution in [1.82, 2.24) is 4.72 Å². The lowest BCUT2D eigenvalue weighted by Crippen LogP contribution is -2.22. The molecule has 2 aliphatic carbocycles. The van der Waals surface area contributed by atoms with Crippen molar-refractivity contribution in [2.45, 2.75) is 51.7 Å². The summed E-state index contributed by atoms with van der Waals surface area (Å²) in [4.78, 5) is 0. The number of hydrogen-bond acceptors (Lipinski definition) is 2. The number of nitrogens with one attached hydrogen (secondary N) is 1. The van der Waals surface area contributed by atoms with Crippen LogP contribution in [-0.4, -0.2) is 17.1 Å². The van der Waals surface area contributed by atoms with Crippen molar-refractivity contribution >= 4 is 43.8 Å². The van der Waals surface area contributed by atoms with Gasteiger partial charge in [0, 0.05) is 23.0 Å². The lowest BCUT2D eigenvalue weighted by atomic mass is 9.80. The van der Waals surface area contributed by atoms with Crippen LogP contribution in [0.2, 0.25) is 0 Å². The molecule has 0 saturated carbocycles. The SMILES string of the molecule is C=C(C1=C(CC)CC2CC(SNCC)C=CC12)C(/C=C(/Br)CCBr)=C/C. The predicted octanol–water partition coefficient (Wildman–Crippen LogP) is 7.48. The molecule has 0 amide bonds. The Hall–Kier alpha value is -0.0300. The Morgan fingerprint density at radius 2 is 2.15 bits per heavy atom. The minimum absolute atomic E-state index is 0.536. The summed E-state index contributed by atoms with van der Waals surface area (Å²) in [6, 6.07) is 0. The van der Waals surface area contributed by atoms with Gasteiger partial charge in [0.2, 0.25) is 0 Å². The Morgan fingerprint density at radius 3 is 2.77 bits per heavy atom. The molecule has 0 aromatic carbocycles. The number of fused-ring (bicyclic) bond motifs is 1. The molecular formula is C22H31Br2NS. The fraction of sp³-hybridized carbons (Fsp3) is 0.545. The third-order valence-electron chi connectivity index (χ3n) is 5.23. The van der Waals surface area contributed by atoms with Crippen LogP contribution >= 0.6 is 43.8 Å². The first kappa shape index (κ1) is 22.3. The molecule has 1 nitrogen and oxygen atoms in total. The molecular weight excluding hydrogens is 470 g/mol. The molecule has 0 aromatic rings. The lowest BCUT2D eigenvalue weighted by Gasteiger charge is -2.29. The summed E-state index contributed by atoms with van der Waals surface area (Å²) in [6.45, 7) is 12.1. The molecule has 1 N–H and O–H groups in total. The minimum Gasteiger partial charge on any atom is -0.264 e. The number of hydrogen-bond donors (Lipinski definition) is 1. The Morgan fingerprint density at radius 1 is 1.38 bits per heavy atom. The van der Waals surface area contributed by atoms with E-state index >= 15 is 0 Å². The highest BCUT2D eigenvalue weighted by Gasteiger charge is 2.37. The van der Waals surface area contributed by atoms with E-state index in [1.165, 1.54) is 34.0 Å². The van der Waals surface area contributed by atoms with Crippen molar-refractivity contribution in [3.05, 3.63) is 57.7 Å². The summed E-state index contributed by atoms with van der Waals surface area (Å²) < 4.78 is 4.65. The van der Waals surface area contributed by atoms with E-state index in [1.807, 2.05) is 11.9 Å². The highest BCUT2D eigenvalue weighted by molar-refractivity contribution is 9.12. The summed E-state index contributed by atoms with van der Waals surface area (Å²) >= 11 is 9.10. The average molecular weight is 501 g/mol. The second kappa shape index (κ2) is 11.1. The van der Waals surface area contributed by atoms with Crippen LogP contribution in [-0.2, 0) is 0 Å². The van der Waals surface area contributed by atoms with E-state index in [0.29, 0.717) is 11.2 Å². The molecule has 0 heterocycles. The van der Waals surface area contributed by atoms with Crippen molar-refractivity contribution in [3.63, 3.8) is 0 Å². The molecule has 26 heavy (non-hydrogen) atoms. The van der Waals surface area contributed by atoms with Crippen molar-refractivity contribution in [2.75, 3.05) is 11.9 Å². The monoisotopic (exact) mass is 499 g/mol. The van der Waals surface area contributed by atoms with Crippen LogP contribution in [0.25, 0.3) is 0 Å². The van der Waals surface area contributed by atoms with Crippen LogP contribution in [0.5, 0.6) is 0 Å². The van der Waals surface area contributed by atoms with Gasteiger partial charge in [-0.15, -0.1) is 0 Å². The molecule has 0 bridgehead atoms. The topological polar surface area (TPSA) is 12.0 Å². The predicted molar refractivity (Wildman–Crippen MR) is 126 cm³/mol. The average Bonchev–Trinajstić information content (AvgIpc) is 3.01. The number of rotatable bonds is 9. The molecule has 0 fully saturated rings. The number of halogens is 2. The van der Waals surface area contributed by atoms with Crippen LogP contribution in [0.15, 0.2) is 57.7 Å². The highest BCUT2D eigenvalue weighted by Crippen LogP contribution is 2.49. The molecule has 144 valence electrons. The van der Waals surface area contributed by atoms with E-state index in [-0.39, 0.29) is 0 Å². The van der Waals surface area contributed by atoms with Crippen LogP contribution < -0.4 is 4.72 Å². The van der Waals surface area contributed by atoms with E-state index in [0.717, 1.165) is 30.6 Å². The van der Waals surface area contributed by atoms with Gasteiger partial charge in [0.25, 0.3) is 0 Å². The Bertz CT molecular complexity index is 630. The standard InChI is InChI=1S/C22H31Br2NS/c1-5-16(13-19(24)10-11-23)15(4)22-17(6-2)12-18-14-20(26-25-7-3)8-9-21(18)22/h5,8-9,13,18,20-21,25H,4,6-7,10-12,14H2,1-3H3/b16-5+,19-13+. The van der Waals surface area contributed by atoms with Gasteiger partial charge in [-0.1, -0.05) is 88.0 Å². The summed E-state index contributed by atoms with van der Waals surface area (Å²) in [5.41, 5.74) is 5.57. The molecule has 0 radical (unpaired) electrons. The molecule has 3 unspecified atom stereocenters. The van der Waals surface area contributed by atoms with Gasteiger partial charge < -0.3 is 0 Å². The summed E-state index contributed by atoms with van der Waals surface area (Å²) in [7, 11) is 0. The quantitative estimate of drug-likeness (QED) is 0.152. The van der Waals surface area contributed by atoms with Gasteiger partial charge in [0.1, 0.15) is 0 Å². The van der Waals surface area contributed by atoms with Gasteiger partial charge in [0.15, 0.2) is 0 Å². The van der Waals surface area contributed by atoms with Crippen molar-refractivity contribution < 1.29 is 0 Å². The maximum Gasteiger partial charge on any atom is 0.0375 e. The summed E-state index contributed by atoms with van der Waals surface area (Å²) in [6.07, 6.45) is 13.9. The Balaban J connectivity index is 2.23. The molecule has 4 heteroatoms. The Kier molecular flexibility index (Phi) is 9.49. The van der Waals surface area contributed by atoms with Gasteiger partial charge in [-0.05, 0) is 65.8 Å². The fourth-order valence-corrected chi connectivity index (χ4v) is 6.28. The normalized spacial score (nSPS) is 26.4. The van der Waals surface area contributed by atoms with Crippen molar-refractivity contribution in [3.8, 4) is 0 Å². The molecule has 2 rings (SSSR count). The fourth-order valence-electron chi connectivity index (χ4n) is 3.99. The molecule has 0 aromatic heterocycles. The largest absolute Gasteiger partial charge is 0.264 e. The second-order valence-electron chi connectivity index (χ2n) is 6.89.